The van der Waals surface area contributed by atoms with E-state index in [9.17, 15) is 9.59 Å². The number of carbonyl (C=O) groups excluding carboxylic acids is 1. The average molecular weight is 324 g/mol. The Kier molecular flexibility index (Phi) is 3.19. The van der Waals surface area contributed by atoms with E-state index < -0.39 is 5.97 Å². The lowest BCUT2D eigenvalue weighted by Crippen LogP contribution is -2.21. The Morgan fingerprint density at radius 1 is 1.29 bits per heavy atom. The van der Waals surface area contributed by atoms with Gasteiger partial charge in [0.2, 0.25) is 5.58 Å². The number of ether oxygens (including phenoxy) is 1. The fourth-order valence-corrected chi connectivity index (χ4v) is 2.64. The molecule has 7 heteroatoms. The largest absolute Gasteiger partial charge is 0.467 e. The van der Waals surface area contributed by atoms with E-state index in [0.717, 1.165) is 5.39 Å². The molecule has 0 aliphatic heterocycles. The molecule has 120 valence electrons. The number of hydrogen-bond donors (Lipinski definition) is 0. The zero-order chi connectivity index (χ0) is 16.7. The van der Waals surface area contributed by atoms with Gasteiger partial charge in [-0.2, -0.15) is 0 Å². The number of aromatic nitrogens is 2. The van der Waals surface area contributed by atoms with Gasteiger partial charge in [-0.1, -0.05) is 12.1 Å². The third kappa shape index (κ3) is 2.10. The third-order valence-corrected chi connectivity index (χ3v) is 3.82. The van der Waals surface area contributed by atoms with E-state index in [-0.39, 0.29) is 23.3 Å². The Labute approximate surface area is 135 Å². The van der Waals surface area contributed by atoms with E-state index in [1.165, 1.54) is 30.3 Å². The second-order valence-corrected chi connectivity index (χ2v) is 5.20. The molecule has 0 spiro atoms. The third-order valence-electron chi connectivity index (χ3n) is 3.82. The summed E-state index contributed by atoms with van der Waals surface area (Å²) in [5, 5.41) is 0.782. The predicted molar refractivity (Wildman–Crippen MR) is 84.9 cm³/mol. The molecule has 0 bridgehead atoms. The quantitative estimate of drug-likeness (QED) is 0.538. The van der Waals surface area contributed by atoms with Gasteiger partial charge in [0.05, 0.1) is 26.2 Å². The molecule has 0 unspecified atom stereocenters. The zero-order valence-electron chi connectivity index (χ0n) is 12.7. The van der Waals surface area contributed by atoms with Gasteiger partial charge in [-0.3, -0.25) is 9.36 Å². The second kappa shape index (κ2) is 5.38. The average Bonchev–Trinajstić information content (AvgIpc) is 3.21. The molecule has 0 aliphatic carbocycles. The van der Waals surface area contributed by atoms with Crippen molar-refractivity contribution in [2.75, 3.05) is 7.11 Å². The number of carbonyl (C=O) groups is 1. The van der Waals surface area contributed by atoms with Crippen molar-refractivity contribution in [2.45, 2.75) is 6.54 Å². The fraction of sp³-hybridized carbons (Fsp3) is 0.118. The molecule has 0 N–H and O–H groups in total. The normalized spacial score (nSPS) is 11.2. The molecule has 4 rings (SSSR count). The van der Waals surface area contributed by atoms with Crippen molar-refractivity contribution in [1.82, 2.24) is 9.55 Å². The maximum atomic E-state index is 12.6. The molecule has 4 aromatic rings. The fourth-order valence-electron chi connectivity index (χ4n) is 2.64. The Hall–Kier alpha value is -3.35. The van der Waals surface area contributed by atoms with Crippen molar-refractivity contribution in [1.29, 1.82) is 0 Å². The Bertz CT molecular complexity index is 1120. The SMILES string of the molecule is COC(=O)c1ccoc1Cn1cnc2c(oc3ccccc32)c1=O. The highest BCUT2D eigenvalue weighted by atomic mass is 16.5. The van der Waals surface area contributed by atoms with E-state index in [1.807, 2.05) is 18.2 Å². The molecular formula is C17H12N2O5. The van der Waals surface area contributed by atoms with E-state index in [2.05, 4.69) is 4.98 Å². The number of para-hydroxylation sites is 1. The number of fused-ring (bicyclic) bond motifs is 3. The molecule has 0 amide bonds. The first kappa shape index (κ1) is 14.3. The van der Waals surface area contributed by atoms with Gasteiger partial charge in [-0.15, -0.1) is 0 Å². The Balaban J connectivity index is 1.82. The topological polar surface area (TPSA) is 87.5 Å². The van der Waals surface area contributed by atoms with Crippen LogP contribution in [0.5, 0.6) is 0 Å². The van der Waals surface area contributed by atoms with Crippen LogP contribution < -0.4 is 5.56 Å². The number of rotatable bonds is 3. The molecule has 3 heterocycles. The van der Waals surface area contributed by atoms with Crippen LogP contribution in [0.4, 0.5) is 0 Å². The number of hydrogen-bond acceptors (Lipinski definition) is 6. The Morgan fingerprint density at radius 2 is 2.12 bits per heavy atom. The summed E-state index contributed by atoms with van der Waals surface area (Å²) in [4.78, 5) is 28.7. The first-order chi connectivity index (χ1) is 11.7. The summed E-state index contributed by atoms with van der Waals surface area (Å²) < 4.78 is 16.9. The van der Waals surface area contributed by atoms with Crippen LogP contribution in [0.15, 0.2) is 56.6 Å². The second-order valence-electron chi connectivity index (χ2n) is 5.20. The molecular weight excluding hydrogens is 312 g/mol. The van der Waals surface area contributed by atoms with Gasteiger partial charge in [-0.05, 0) is 18.2 Å². The van der Waals surface area contributed by atoms with Gasteiger partial charge in [0.25, 0.3) is 5.56 Å². The summed E-state index contributed by atoms with van der Waals surface area (Å²) >= 11 is 0. The molecule has 1 aromatic carbocycles. The Morgan fingerprint density at radius 3 is 2.96 bits per heavy atom. The van der Waals surface area contributed by atoms with Crippen molar-refractivity contribution in [3.63, 3.8) is 0 Å². The lowest BCUT2D eigenvalue weighted by Gasteiger charge is -2.04. The van der Waals surface area contributed by atoms with Crippen LogP contribution in [0, 0.1) is 0 Å². The van der Waals surface area contributed by atoms with E-state index >= 15 is 0 Å². The summed E-state index contributed by atoms with van der Waals surface area (Å²) in [6, 6.07) is 8.81. The van der Waals surface area contributed by atoms with Gasteiger partial charge in [-0.25, -0.2) is 9.78 Å². The van der Waals surface area contributed by atoms with Gasteiger partial charge >= 0.3 is 5.97 Å². The van der Waals surface area contributed by atoms with Crippen LogP contribution in [0.1, 0.15) is 16.1 Å². The first-order valence-corrected chi connectivity index (χ1v) is 7.20. The molecule has 24 heavy (non-hydrogen) atoms. The summed E-state index contributed by atoms with van der Waals surface area (Å²) in [6.07, 6.45) is 2.79. The summed E-state index contributed by atoms with van der Waals surface area (Å²) in [5.41, 5.74) is 1.21. The summed E-state index contributed by atoms with van der Waals surface area (Å²) in [6.45, 7) is 0.0518. The lowest BCUT2D eigenvalue weighted by molar-refractivity contribution is 0.0598. The number of nitrogens with zero attached hydrogens (tertiary/aromatic N) is 2. The van der Waals surface area contributed by atoms with Crippen molar-refractivity contribution in [3.8, 4) is 0 Å². The van der Waals surface area contributed by atoms with Crippen LogP contribution >= 0.6 is 0 Å². The highest BCUT2D eigenvalue weighted by Crippen LogP contribution is 2.24. The standard InChI is InChI=1S/C17H12N2O5/c1-22-17(21)11-6-7-23-13(11)8-19-9-18-14-10-4-2-3-5-12(10)24-15(14)16(19)20/h2-7,9H,8H2,1H3. The van der Waals surface area contributed by atoms with Gasteiger partial charge in [0, 0.05) is 5.39 Å². The van der Waals surface area contributed by atoms with Gasteiger partial charge < -0.3 is 13.6 Å². The summed E-state index contributed by atoms with van der Waals surface area (Å²) in [7, 11) is 1.29. The number of benzene rings is 1. The van der Waals surface area contributed by atoms with Crippen LogP contribution in [-0.2, 0) is 11.3 Å². The number of methoxy groups -OCH3 is 1. The molecule has 3 aromatic heterocycles. The van der Waals surface area contributed by atoms with Gasteiger partial charge in [0.1, 0.15) is 22.4 Å². The van der Waals surface area contributed by atoms with Crippen LogP contribution in [0.3, 0.4) is 0 Å². The molecule has 0 fully saturated rings. The lowest BCUT2D eigenvalue weighted by atomic mass is 10.2. The first-order valence-electron chi connectivity index (χ1n) is 7.20. The number of esters is 1. The van der Waals surface area contributed by atoms with E-state index in [0.29, 0.717) is 16.9 Å². The molecule has 0 aliphatic rings. The van der Waals surface area contributed by atoms with Gasteiger partial charge in [0.15, 0.2) is 0 Å². The van der Waals surface area contributed by atoms with Crippen molar-refractivity contribution in [2.24, 2.45) is 0 Å². The van der Waals surface area contributed by atoms with E-state index in [1.54, 1.807) is 6.07 Å². The van der Waals surface area contributed by atoms with Crippen LogP contribution in [0.2, 0.25) is 0 Å². The molecule has 0 atom stereocenters. The summed E-state index contributed by atoms with van der Waals surface area (Å²) in [5.74, 6) is -0.203. The predicted octanol–water partition coefficient (Wildman–Crippen LogP) is 2.57. The molecule has 7 nitrogen and oxygen atoms in total. The van der Waals surface area contributed by atoms with Crippen LogP contribution in [0.25, 0.3) is 22.1 Å². The van der Waals surface area contributed by atoms with Crippen molar-refractivity contribution in [3.05, 3.63) is 64.6 Å². The molecule has 0 saturated heterocycles. The smallest absolute Gasteiger partial charge is 0.341 e. The zero-order valence-corrected chi connectivity index (χ0v) is 12.7. The van der Waals surface area contributed by atoms with Crippen molar-refractivity contribution < 1.29 is 18.4 Å². The minimum Gasteiger partial charge on any atom is -0.467 e. The van der Waals surface area contributed by atoms with E-state index in [4.69, 9.17) is 13.6 Å². The maximum absolute atomic E-state index is 12.6. The monoisotopic (exact) mass is 324 g/mol. The molecule has 0 saturated carbocycles. The minimum absolute atomic E-state index is 0.0518. The van der Waals surface area contributed by atoms with Crippen molar-refractivity contribution >= 4 is 28.0 Å². The maximum Gasteiger partial charge on any atom is 0.341 e. The number of furan rings is 2. The minimum atomic E-state index is -0.524. The highest BCUT2D eigenvalue weighted by molar-refractivity contribution is 6.01. The molecule has 0 radical (unpaired) electrons. The highest BCUT2D eigenvalue weighted by Gasteiger charge is 2.18. The van der Waals surface area contributed by atoms with Crippen LogP contribution in [-0.4, -0.2) is 22.6 Å².